The Labute approximate surface area is 111 Å². The molecule has 1 aliphatic heterocycles. The van der Waals surface area contributed by atoms with E-state index in [1.807, 2.05) is 6.07 Å². The lowest BCUT2D eigenvalue weighted by Crippen LogP contribution is -2.12. The van der Waals surface area contributed by atoms with Crippen molar-refractivity contribution >= 4 is 35.8 Å². The molecule has 0 aliphatic carbocycles. The second-order valence-corrected chi connectivity index (χ2v) is 3.96. The maximum absolute atomic E-state index is 12.9. The van der Waals surface area contributed by atoms with Gasteiger partial charge in [-0.3, -0.25) is 0 Å². The molecule has 0 saturated carbocycles. The van der Waals surface area contributed by atoms with E-state index < -0.39 is 0 Å². The minimum atomic E-state index is -0.285. The van der Waals surface area contributed by atoms with E-state index in [0.29, 0.717) is 6.04 Å². The number of H-pyrrole nitrogens is 1. The van der Waals surface area contributed by atoms with E-state index in [1.165, 1.54) is 18.7 Å². The summed E-state index contributed by atoms with van der Waals surface area (Å²) in [6, 6.07) is 3.87. The summed E-state index contributed by atoms with van der Waals surface area (Å²) >= 11 is 0. The highest BCUT2D eigenvalue weighted by atomic mass is 35.5. The summed E-state index contributed by atoms with van der Waals surface area (Å²) in [5.41, 5.74) is 1.88. The summed E-state index contributed by atoms with van der Waals surface area (Å²) in [7, 11) is 0. The Bertz CT molecular complexity index is 494. The van der Waals surface area contributed by atoms with Crippen LogP contribution < -0.4 is 5.32 Å². The van der Waals surface area contributed by atoms with Gasteiger partial charge >= 0.3 is 0 Å². The van der Waals surface area contributed by atoms with Crippen LogP contribution in [0.15, 0.2) is 18.3 Å². The van der Waals surface area contributed by atoms with Gasteiger partial charge in [-0.15, -0.1) is 24.8 Å². The number of pyridine rings is 1. The van der Waals surface area contributed by atoms with Crippen LogP contribution in [0.25, 0.3) is 11.0 Å². The fourth-order valence-electron chi connectivity index (χ4n) is 2.15. The van der Waals surface area contributed by atoms with Crippen LogP contribution in [-0.2, 0) is 0 Å². The average molecular weight is 278 g/mol. The van der Waals surface area contributed by atoms with Crippen LogP contribution in [0.3, 0.4) is 0 Å². The predicted molar refractivity (Wildman–Crippen MR) is 70.5 cm³/mol. The molecule has 3 nitrogen and oxygen atoms in total. The van der Waals surface area contributed by atoms with Gasteiger partial charge in [-0.25, -0.2) is 9.37 Å². The number of fused-ring (bicyclic) bond motifs is 1. The van der Waals surface area contributed by atoms with Crippen LogP contribution in [0.5, 0.6) is 0 Å². The standard InChI is InChI=1S/C11H12FN3.2ClH/c12-8-4-7-5-10(9-2-1-3-13-9)15-11(7)14-6-8;;/h4-6,9,13H,1-3H2,(H,14,15);2*1H. The quantitative estimate of drug-likeness (QED) is 0.842. The normalized spacial score (nSPS) is 18.8. The van der Waals surface area contributed by atoms with Crippen LogP contribution in [0.1, 0.15) is 24.6 Å². The number of hydrogen-bond donors (Lipinski definition) is 2. The molecule has 0 bridgehead atoms. The Morgan fingerprint density at radius 1 is 1.29 bits per heavy atom. The zero-order valence-corrected chi connectivity index (χ0v) is 10.7. The number of hydrogen-bond acceptors (Lipinski definition) is 2. The molecule has 3 heterocycles. The third-order valence-corrected chi connectivity index (χ3v) is 2.89. The summed E-state index contributed by atoms with van der Waals surface area (Å²) in [6.45, 7) is 1.06. The van der Waals surface area contributed by atoms with E-state index in [2.05, 4.69) is 15.3 Å². The molecule has 3 rings (SSSR count). The minimum absolute atomic E-state index is 0. The van der Waals surface area contributed by atoms with Crippen LogP contribution >= 0.6 is 24.8 Å². The highest BCUT2D eigenvalue weighted by Gasteiger charge is 2.18. The lowest BCUT2D eigenvalue weighted by molar-refractivity contribution is 0.624. The van der Waals surface area contributed by atoms with Crippen LogP contribution in [0, 0.1) is 5.82 Å². The first-order chi connectivity index (χ1) is 7.33. The third kappa shape index (κ3) is 2.70. The SMILES string of the molecule is Cl.Cl.Fc1cnc2[nH]c(C3CCCN3)cc2c1. The van der Waals surface area contributed by atoms with Gasteiger partial charge in [0.15, 0.2) is 0 Å². The molecule has 2 aromatic heterocycles. The number of aromatic nitrogens is 2. The minimum Gasteiger partial charge on any atom is -0.342 e. The first-order valence-corrected chi connectivity index (χ1v) is 5.20. The number of halogens is 3. The lowest BCUT2D eigenvalue weighted by atomic mass is 10.1. The molecular formula is C11H14Cl2FN3. The van der Waals surface area contributed by atoms with Crippen molar-refractivity contribution in [1.29, 1.82) is 0 Å². The maximum Gasteiger partial charge on any atom is 0.142 e. The molecule has 2 N–H and O–H groups in total. The molecule has 0 spiro atoms. The molecule has 1 saturated heterocycles. The number of nitrogens with one attached hydrogen (secondary N) is 2. The van der Waals surface area contributed by atoms with Crippen molar-refractivity contribution in [2.75, 3.05) is 6.54 Å². The molecule has 1 atom stereocenters. The molecule has 6 heteroatoms. The summed E-state index contributed by atoms with van der Waals surface area (Å²) in [4.78, 5) is 7.24. The molecule has 1 fully saturated rings. The van der Waals surface area contributed by atoms with Gasteiger partial charge in [-0.2, -0.15) is 0 Å². The number of rotatable bonds is 1. The van der Waals surface area contributed by atoms with E-state index in [1.54, 1.807) is 0 Å². The van der Waals surface area contributed by atoms with Gasteiger partial charge in [0.25, 0.3) is 0 Å². The summed E-state index contributed by atoms with van der Waals surface area (Å²) < 4.78 is 12.9. The molecule has 2 aromatic rings. The predicted octanol–water partition coefficient (Wildman–Crippen LogP) is 2.97. The van der Waals surface area contributed by atoms with E-state index in [-0.39, 0.29) is 30.6 Å². The van der Waals surface area contributed by atoms with Gasteiger partial charge in [0.1, 0.15) is 11.5 Å². The largest absolute Gasteiger partial charge is 0.342 e. The average Bonchev–Trinajstić information content (AvgIpc) is 2.84. The van der Waals surface area contributed by atoms with Crippen molar-refractivity contribution in [2.24, 2.45) is 0 Å². The number of nitrogens with zero attached hydrogens (tertiary/aromatic N) is 1. The first-order valence-electron chi connectivity index (χ1n) is 5.20. The van der Waals surface area contributed by atoms with E-state index in [0.717, 1.165) is 29.7 Å². The van der Waals surface area contributed by atoms with Crippen molar-refractivity contribution in [2.45, 2.75) is 18.9 Å². The highest BCUT2D eigenvalue weighted by Crippen LogP contribution is 2.25. The van der Waals surface area contributed by atoms with Gasteiger partial charge in [0.05, 0.1) is 6.20 Å². The molecule has 0 amide bonds. The second kappa shape index (κ2) is 5.67. The Morgan fingerprint density at radius 2 is 2.12 bits per heavy atom. The monoisotopic (exact) mass is 277 g/mol. The van der Waals surface area contributed by atoms with E-state index >= 15 is 0 Å². The Hall–Kier alpha value is -0.840. The molecule has 94 valence electrons. The van der Waals surface area contributed by atoms with Gasteiger partial charge in [-0.1, -0.05) is 0 Å². The molecule has 0 aromatic carbocycles. The van der Waals surface area contributed by atoms with Gasteiger partial charge in [0, 0.05) is 17.1 Å². The third-order valence-electron chi connectivity index (χ3n) is 2.89. The van der Waals surface area contributed by atoms with Crippen molar-refractivity contribution in [1.82, 2.24) is 15.3 Å². The zero-order chi connectivity index (χ0) is 10.3. The highest BCUT2D eigenvalue weighted by molar-refractivity contribution is 5.85. The van der Waals surface area contributed by atoms with Crippen molar-refractivity contribution in [3.8, 4) is 0 Å². The van der Waals surface area contributed by atoms with Gasteiger partial charge in [-0.05, 0) is 31.5 Å². The Kier molecular flexibility index (Phi) is 4.74. The van der Waals surface area contributed by atoms with Gasteiger partial charge < -0.3 is 10.3 Å². The van der Waals surface area contributed by atoms with E-state index in [9.17, 15) is 4.39 Å². The fraction of sp³-hybridized carbons (Fsp3) is 0.364. The zero-order valence-electron chi connectivity index (χ0n) is 9.07. The second-order valence-electron chi connectivity index (χ2n) is 3.96. The maximum atomic E-state index is 12.9. The summed E-state index contributed by atoms with van der Waals surface area (Å²) in [6.07, 6.45) is 3.57. The van der Waals surface area contributed by atoms with E-state index in [4.69, 9.17) is 0 Å². The number of aromatic amines is 1. The molecule has 0 radical (unpaired) electrons. The molecular weight excluding hydrogens is 264 g/mol. The molecule has 1 unspecified atom stereocenters. The van der Waals surface area contributed by atoms with Crippen molar-refractivity contribution < 1.29 is 4.39 Å². The topological polar surface area (TPSA) is 40.7 Å². The van der Waals surface area contributed by atoms with Crippen LogP contribution in [0.2, 0.25) is 0 Å². The molecule has 17 heavy (non-hydrogen) atoms. The summed E-state index contributed by atoms with van der Waals surface area (Å²) in [5.74, 6) is -0.285. The first kappa shape index (κ1) is 14.2. The van der Waals surface area contributed by atoms with Crippen LogP contribution in [0.4, 0.5) is 4.39 Å². The van der Waals surface area contributed by atoms with Crippen molar-refractivity contribution in [3.63, 3.8) is 0 Å². The van der Waals surface area contributed by atoms with Gasteiger partial charge in [0.2, 0.25) is 0 Å². The smallest absolute Gasteiger partial charge is 0.142 e. The fourth-order valence-corrected chi connectivity index (χ4v) is 2.15. The molecule has 1 aliphatic rings. The Balaban J connectivity index is 0.000000722. The van der Waals surface area contributed by atoms with Crippen LogP contribution in [-0.4, -0.2) is 16.5 Å². The Morgan fingerprint density at radius 3 is 2.82 bits per heavy atom. The summed E-state index contributed by atoms with van der Waals surface area (Å²) in [5, 5.41) is 4.24. The lowest BCUT2D eigenvalue weighted by Gasteiger charge is -2.05. The van der Waals surface area contributed by atoms with Crippen molar-refractivity contribution in [3.05, 3.63) is 29.8 Å².